The highest BCUT2D eigenvalue weighted by Gasteiger charge is 2.24. The van der Waals surface area contributed by atoms with Crippen LogP contribution in [0.1, 0.15) is 0 Å². The Morgan fingerprint density at radius 3 is 2.15 bits per heavy atom. The van der Waals surface area contributed by atoms with Crippen LogP contribution in [0.15, 0.2) is 0 Å². The van der Waals surface area contributed by atoms with Crippen LogP contribution in [0.25, 0.3) is 0 Å². The first-order valence-corrected chi connectivity index (χ1v) is 3.72. The molecule has 0 spiro atoms. The zero-order valence-corrected chi connectivity index (χ0v) is 7.90. The van der Waals surface area contributed by atoms with Crippen LogP contribution >= 0.6 is 0 Å². The molecule has 0 aliphatic carbocycles. The number of nitrogens with one attached hydrogen (secondary N) is 1. The molecule has 0 saturated heterocycles. The van der Waals surface area contributed by atoms with Gasteiger partial charge in [0, 0.05) is 0 Å². The van der Waals surface area contributed by atoms with Gasteiger partial charge in [-0.2, -0.15) is 0 Å². The van der Waals surface area contributed by atoms with Crippen LogP contribution in [0.3, 0.4) is 0 Å². The van der Waals surface area contributed by atoms with E-state index in [9.17, 15) is 14.7 Å². The van der Waals surface area contributed by atoms with Gasteiger partial charge in [0.15, 0.2) is 6.17 Å². The molecule has 0 radical (unpaired) electrons. The highest BCUT2D eigenvalue weighted by atomic mass is 16.4. The molecule has 0 aliphatic heterocycles. The number of quaternary nitrogens is 1. The van der Waals surface area contributed by atoms with Crippen molar-refractivity contribution in [3.63, 3.8) is 0 Å². The van der Waals surface area contributed by atoms with Crippen molar-refractivity contribution in [2.45, 2.75) is 6.17 Å². The van der Waals surface area contributed by atoms with Gasteiger partial charge in [-0.3, -0.25) is 10.1 Å². The monoisotopic (exact) mass is 190 g/mol. The number of likely N-dealkylation sites (N-methyl/N-ethyl adjacent to an activating group) is 1. The van der Waals surface area contributed by atoms with Gasteiger partial charge in [0.05, 0.1) is 27.7 Å². The predicted octanol–water partition coefficient (Wildman–Crippen LogP) is -2.56. The lowest BCUT2D eigenvalue weighted by molar-refractivity contribution is -0.892. The van der Waals surface area contributed by atoms with E-state index in [1.165, 1.54) is 0 Å². The normalized spacial score (nSPS) is 13.8. The molecule has 13 heavy (non-hydrogen) atoms. The largest absolute Gasteiger partial charge is 0.543 e. The molecule has 1 atom stereocenters. The first kappa shape index (κ1) is 11.9. The summed E-state index contributed by atoms with van der Waals surface area (Å²) in [4.78, 5) is 20.7. The molecule has 2 N–H and O–H groups in total. The van der Waals surface area contributed by atoms with Crippen LogP contribution in [0.4, 0.5) is 0 Å². The maximum atomic E-state index is 10.6. The lowest BCUT2D eigenvalue weighted by Gasteiger charge is -2.34. The van der Waals surface area contributed by atoms with Crippen molar-refractivity contribution in [2.75, 3.05) is 27.7 Å². The number of aliphatic carboxylic acids is 2. The third kappa shape index (κ3) is 4.44. The number of carbonyl (C=O) groups excluding carboxylic acids is 1. The van der Waals surface area contributed by atoms with Gasteiger partial charge in [-0.05, 0) is 0 Å². The first-order chi connectivity index (χ1) is 5.75. The van der Waals surface area contributed by atoms with Crippen molar-refractivity contribution >= 4 is 11.9 Å². The summed E-state index contributed by atoms with van der Waals surface area (Å²) < 4.78 is 0.0651. The van der Waals surface area contributed by atoms with Crippen molar-refractivity contribution in [1.29, 1.82) is 0 Å². The third-order valence-electron chi connectivity index (χ3n) is 1.44. The zero-order valence-electron chi connectivity index (χ0n) is 7.90. The van der Waals surface area contributed by atoms with E-state index in [-0.39, 0.29) is 4.48 Å². The van der Waals surface area contributed by atoms with Crippen molar-refractivity contribution in [1.82, 2.24) is 5.32 Å². The number of rotatable bonds is 5. The van der Waals surface area contributed by atoms with Gasteiger partial charge in [0.2, 0.25) is 0 Å². The van der Waals surface area contributed by atoms with E-state index in [2.05, 4.69) is 5.32 Å². The number of nitrogens with zero attached hydrogens (tertiary/aromatic N) is 1. The van der Waals surface area contributed by atoms with Crippen LogP contribution < -0.4 is 10.4 Å². The minimum atomic E-state index is -1.31. The molecule has 0 heterocycles. The fourth-order valence-electron chi connectivity index (χ4n) is 0.857. The molecule has 0 bridgehead atoms. The molecule has 0 aliphatic rings. The second-order valence-electron chi connectivity index (χ2n) is 3.61. The van der Waals surface area contributed by atoms with Gasteiger partial charge in [0.1, 0.15) is 5.97 Å². The van der Waals surface area contributed by atoms with Gasteiger partial charge in [0.25, 0.3) is 0 Å². The molecule has 0 rings (SSSR count). The first-order valence-electron chi connectivity index (χ1n) is 3.72. The van der Waals surface area contributed by atoms with Crippen LogP contribution in [0.2, 0.25) is 0 Å². The zero-order chi connectivity index (χ0) is 10.6. The third-order valence-corrected chi connectivity index (χ3v) is 1.44. The summed E-state index contributed by atoms with van der Waals surface area (Å²) in [5.41, 5.74) is 0. The summed E-state index contributed by atoms with van der Waals surface area (Å²) in [6.45, 7) is -0.395. The fourth-order valence-corrected chi connectivity index (χ4v) is 0.857. The number of hydrogen-bond acceptors (Lipinski definition) is 4. The molecule has 0 aromatic heterocycles. The topological polar surface area (TPSA) is 89.5 Å². The van der Waals surface area contributed by atoms with E-state index < -0.39 is 24.6 Å². The second kappa shape index (κ2) is 4.20. The van der Waals surface area contributed by atoms with Crippen molar-refractivity contribution in [3.05, 3.63) is 0 Å². The Morgan fingerprint density at radius 1 is 1.46 bits per heavy atom. The predicted molar refractivity (Wildman–Crippen MR) is 42.5 cm³/mol. The minimum Gasteiger partial charge on any atom is -0.543 e. The molecule has 0 aromatic rings. The van der Waals surface area contributed by atoms with Gasteiger partial charge < -0.3 is 19.5 Å². The maximum absolute atomic E-state index is 10.6. The van der Waals surface area contributed by atoms with Crippen LogP contribution in [0.5, 0.6) is 0 Å². The minimum absolute atomic E-state index is 0.0651. The average Bonchev–Trinajstić information content (AvgIpc) is 1.81. The van der Waals surface area contributed by atoms with Crippen molar-refractivity contribution < 1.29 is 24.3 Å². The van der Waals surface area contributed by atoms with E-state index in [0.717, 1.165) is 0 Å². The Balaban J connectivity index is 4.28. The van der Waals surface area contributed by atoms with Crippen molar-refractivity contribution in [3.8, 4) is 0 Å². The number of carboxylic acids is 2. The lowest BCUT2D eigenvalue weighted by atomic mass is 10.4. The molecule has 76 valence electrons. The lowest BCUT2D eigenvalue weighted by Crippen LogP contribution is -2.62. The summed E-state index contributed by atoms with van der Waals surface area (Å²) >= 11 is 0. The summed E-state index contributed by atoms with van der Waals surface area (Å²) in [5.74, 6) is -2.41. The van der Waals surface area contributed by atoms with Gasteiger partial charge in [-0.1, -0.05) is 0 Å². The molecule has 1 unspecified atom stereocenters. The molecule has 0 fully saturated rings. The average molecular weight is 190 g/mol. The SMILES string of the molecule is C[N+](C)(C)C(NCC(=O)O)C(=O)[O-]. The Labute approximate surface area is 76.4 Å². The summed E-state index contributed by atoms with van der Waals surface area (Å²) in [6.07, 6.45) is -1.02. The van der Waals surface area contributed by atoms with E-state index >= 15 is 0 Å². The molecule has 6 heteroatoms. The van der Waals surface area contributed by atoms with E-state index in [1.54, 1.807) is 21.1 Å². The van der Waals surface area contributed by atoms with E-state index in [1.807, 2.05) is 0 Å². The fraction of sp³-hybridized carbons (Fsp3) is 0.714. The number of carboxylic acid groups (broad SMARTS) is 2. The van der Waals surface area contributed by atoms with Crippen LogP contribution in [0, 0.1) is 0 Å². The second-order valence-corrected chi connectivity index (χ2v) is 3.61. The highest BCUT2D eigenvalue weighted by Crippen LogP contribution is 1.97. The van der Waals surface area contributed by atoms with Crippen molar-refractivity contribution in [2.24, 2.45) is 0 Å². The van der Waals surface area contributed by atoms with Gasteiger partial charge in [-0.25, -0.2) is 0 Å². The molecular formula is C7H14N2O4. The summed E-state index contributed by atoms with van der Waals surface area (Å²) in [6, 6.07) is 0. The summed E-state index contributed by atoms with van der Waals surface area (Å²) in [5, 5.41) is 21.3. The molecular weight excluding hydrogens is 176 g/mol. The van der Waals surface area contributed by atoms with E-state index in [4.69, 9.17) is 5.11 Å². The molecule has 0 amide bonds. The quantitative estimate of drug-likeness (QED) is 0.368. The Kier molecular flexibility index (Phi) is 3.83. The van der Waals surface area contributed by atoms with E-state index in [0.29, 0.717) is 0 Å². The molecule has 0 saturated carbocycles. The summed E-state index contributed by atoms with van der Waals surface area (Å²) in [7, 11) is 4.90. The number of hydrogen-bond donors (Lipinski definition) is 2. The number of carbonyl (C=O) groups is 2. The molecule has 6 nitrogen and oxygen atoms in total. The van der Waals surface area contributed by atoms with Crippen LogP contribution in [-0.2, 0) is 9.59 Å². The molecule has 0 aromatic carbocycles. The maximum Gasteiger partial charge on any atom is 0.317 e. The van der Waals surface area contributed by atoms with Gasteiger partial charge in [-0.15, -0.1) is 0 Å². The highest BCUT2D eigenvalue weighted by molar-refractivity contribution is 5.72. The Morgan fingerprint density at radius 2 is 1.92 bits per heavy atom. The standard InChI is InChI=1S/C7H14N2O4/c1-9(2,3)6(7(12)13)8-4-5(10)11/h6,8H,4H2,1-3H3,(H-,10,11,12,13). The smallest absolute Gasteiger partial charge is 0.317 e. The van der Waals surface area contributed by atoms with Gasteiger partial charge >= 0.3 is 5.97 Å². The Hall–Kier alpha value is -1.14. The Bertz CT molecular complexity index is 209. The van der Waals surface area contributed by atoms with Crippen LogP contribution in [-0.4, -0.2) is 55.4 Å².